The van der Waals surface area contributed by atoms with Gasteiger partial charge < -0.3 is 0 Å². The Balaban J connectivity index is 1.83. The van der Waals surface area contributed by atoms with Gasteiger partial charge in [0.2, 0.25) is 0 Å². The van der Waals surface area contributed by atoms with Crippen LogP contribution < -0.4 is 0 Å². The number of amides is 2. The van der Waals surface area contributed by atoms with Crippen LogP contribution >= 0.6 is 0 Å². The van der Waals surface area contributed by atoms with E-state index in [-0.39, 0.29) is 27.6 Å². The first-order valence-electron chi connectivity index (χ1n) is 7.86. The molecule has 1 heterocycles. The molecule has 3 aromatic carbocycles. The number of carbonyl (C=O) groups excluding carboxylic acids is 2. The topological polar surface area (TPSA) is 92.9 Å². The van der Waals surface area contributed by atoms with Gasteiger partial charge in [-0.3, -0.25) is 19.7 Å². The summed E-state index contributed by atoms with van der Waals surface area (Å²) in [7, 11) is 0. The Morgan fingerprint density at radius 1 is 1.00 bits per heavy atom. The molecule has 0 N–H and O–H groups in total. The van der Waals surface area contributed by atoms with E-state index in [0.717, 1.165) is 0 Å². The smallest absolute Gasteiger partial charge is 0.267 e. The largest absolute Gasteiger partial charge is 0.282 e. The molecule has 8 heteroatoms. The van der Waals surface area contributed by atoms with Crippen LogP contribution in [0, 0.1) is 15.9 Å². The summed E-state index contributed by atoms with van der Waals surface area (Å²) < 4.78 is 13.3. The third-order valence-corrected chi connectivity index (χ3v) is 4.23. The number of nitro groups is 1. The Bertz CT molecular complexity index is 1150. The van der Waals surface area contributed by atoms with Crippen molar-refractivity contribution in [3.05, 3.63) is 87.2 Å². The second-order valence-corrected chi connectivity index (χ2v) is 5.84. The van der Waals surface area contributed by atoms with Gasteiger partial charge in [-0.25, -0.2) is 4.39 Å². The van der Waals surface area contributed by atoms with Gasteiger partial charge in [0.15, 0.2) is 0 Å². The number of carbonyl (C=O) groups is 2. The average Bonchev–Trinajstić information content (AvgIpc) is 2.65. The first-order valence-corrected chi connectivity index (χ1v) is 7.86. The minimum Gasteiger partial charge on any atom is -0.267 e. The highest BCUT2D eigenvalue weighted by Crippen LogP contribution is 2.35. The molecular weight excluding hydrogens is 353 g/mol. The second-order valence-electron chi connectivity index (χ2n) is 5.84. The maximum absolute atomic E-state index is 13.3. The zero-order chi connectivity index (χ0) is 19.1. The molecule has 0 saturated heterocycles. The Morgan fingerprint density at radius 3 is 2.41 bits per heavy atom. The zero-order valence-electron chi connectivity index (χ0n) is 13.6. The molecule has 1 aliphatic rings. The minimum absolute atomic E-state index is 0.141. The summed E-state index contributed by atoms with van der Waals surface area (Å²) in [5, 5.41) is 16.3. The molecule has 0 aromatic heterocycles. The number of hydrazone groups is 1. The van der Waals surface area contributed by atoms with Crippen LogP contribution in [0.1, 0.15) is 26.3 Å². The maximum atomic E-state index is 13.3. The summed E-state index contributed by atoms with van der Waals surface area (Å²) in [6.07, 6.45) is 1.20. The summed E-state index contributed by atoms with van der Waals surface area (Å²) in [6, 6.07) is 12.5. The van der Waals surface area contributed by atoms with Gasteiger partial charge in [-0.1, -0.05) is 18.2 Å². The molecule has 0 aliphatic carbocycles. The highest BCUT2D eigenvalue weighted by atomic mass is 19.1. The lowest BCUT2D eigenvalue weighted by Gasteiger charge is -2.22. The van der Waals surface area contributed by atoms with Crippen LogP contribution in [0.2, 0.25) is 0 Å². The van der Waals surface area contributed by atoms with Crippen LogP contribution in [0.4, 0.5) is 10.1 Å². The van der Waals surface area contributed by atoms with Crippen molar-refractivity contribution in [3.63, 3.8) is 0 Å². The molecule has 4 rings (SSSR count). The van der Waals surface area contributed by atoms with E-state index >= 15 is 0 Å². The van der Waals surface area contributed by atoms with E-state index in [4.69, 9.17) is 0 Å². The van der Waals surface area contributed by atoms with Crippen molar-refractivity contribution in [2.24, 2.45) is 5.10 Å². The van der Waals surface area contributed by atoms with Crippen molar-refractivity contribution in [3.8, 4) is 0 Å². The van der Waals surface area contributed by atoms with Gasteiger partial charge >= 0.3 is 0 Å². The predicted octanol–water partition coefficient (Wildman–Crippen LogP) is 3.52. The van der Waals surface area contributed by atoms with Crippen molar-refractivity contribution in [2.45, 2.75) is 0 Å². The molecule has 3 aromatic rings. The normalized spacial score (nSPS) is 13.6. The third kappa shape index (κ3) is 2.63. The molecule has 0 bridgehead atoms. The number of halogens is 1. The van der Waals surface area contributed by atoms with Crippen molar-refractivity contribution >= 4 is 34.5 Å². The van der Waals surface area contributed by atoms with Crippen molar-refractivity contribution < 1.29 is 18.9 Å². The molecule has 0 fully saturated rings. The van der Waals surface area contributed by atoms with Gasteiger partial charge in [0.25, 0.3) is 17.5 Å². The third-order valence-electron chi connectivity index (χ3n) is 4.23. The summed E-state index contributed by atoms with van der Waals surface area (Å²) in [6.45, 7) is 0. The molecule has 7 nitrogen and oxygen atoms in total. The first-order chi connectivity index (χ1) is 13.0. The highest BCUT2D eigenvalue weighted by molar-refractivity contribution is 6.26. The van der Waals surface area contributed by atoms with Gasteiger partial charge in [-0.2, -0.15) is 10.1 Å². The number of imide groups is 1. The van der Waals surface area contributed by atoms with Crippen molar-refractivity contribution in [1.82, 2.24) is 5.01 Å². The van der Waals surface area contributed by atoms with E-state index in [2.05, 4.69) is 5.10 Å². The highest BCUT2D eigenvalue weighted by Gasteiger charge is 2.34. The molecule has 27 heavy (non-hydrogen) atoms. The second kappa shape index (κ2) is 6.10. The average molecular weight is 363 g/mol. The van der Waals surface area contributed by atoms with Gasteiger partial charge in [0.05, 0.1) is 27.7 Å². The summed E-state index contributed by atoms with van der Waals surface area (Å²) in [5.74, 6) is -1.88. The fourth-order valence-corrected chi connectivity index (χ4v) is 3.04. The summed E-state index contributed by atoms with van der Waals surface area (Å²) in [4.78, 5) is 36.1. The molecule has 0 atom stereocenters. The Morgan fingerprint density at radius 2 is 1.70 bits per heavy atom. The van der Waals surface area contributed by atoms with E-state index < -0.39 is 22.6 Å². The number of hydrogen-bond donors (Lipinski definition) is 0. The molecule has 2 amide bonds. The van der Waals surface area contributed by atoms with Crippen LogP contribution in [0.5, 0.6) is 0 Å². The number of hydrogen-bond acceptors (Lipinski definition) is 5. The summed E-state index contributed by atoms with van der Waals surface area (Å²) in [5.41, 5.74) is 0.473. The van der Waals surface area contributed by atoms with Gasteiger partial charge in [-0.15, -0.1) is 0 Å². The number of non-ortho nitro benzene ring substituents is 1. The molecule has 1 aliphatic heterocycles. The maximum Gasteiger partial charge on any atom is 0.282 e. The van der Waals surface area contributed by atoms with E-state index in [1.54, 1.807) is 6.07 Å². The lowest BCUT2D eigenvalue weighted by Crippen LogP contribution is -2.36. The Labute approximate surface area is 151 Å². The fraction of sp³-hybridized carbons (Fsp3) is 0. The quantitative estimate of drug-likeness (QED) is 0.308. The van der Waals surface area contributed by atoms with Gasteiger partial charge in [0.1, 0.15) is 5.82 Å². The molecule has 132 valence electrons. The van der Waals surface area contributed by atoms with E-state index in [1.807, 2.05) is 0 Å². The summed E-state index contributed by atoms with van der Waals surface area (Å²) >= 11 is 0. The van der Waals surface area contributed by atoms with Crippen LogP contribution in [-0.2, 0) is 0 Å². The van der Waals surface area contributed by atoms with Gasteiger partial charge in [0, 0.05) is 11.5 Å². The van der Waals surface area contributed by atoms with Crippen LogP contribution in [0.15, 0.2) is 59.7 Å². The Kier molecular flexibility index (Phi) is 3.73. The van der Waals surface area contributed by atoms with Crippen LogP contribution in [0.25, 0.3) is 10.8 Å². The minimum atomic E-state index is -0.703. The number of nitrogens with zero attached hydrogens (tertiary/aromatic N) is 3. The lowest BCUT2D eigenvalue weighted by atomic mass is 9.94. The standard InChI is InChI=1S/C19H10FN3O4/c20-12-4-1-3-11(9-12)10-21-22-18(24)14-6-2-5-13-16(23(26)27)8-7-15(17(13)14)19(22)25/h1-10H/b21-10-. The number of rotatable bonds is 3. The van der Waals surface area contributed by atoms with Crippen molar-refractivity contribution in [1.29, 1.82) is 0 Å². The SMILES string of the molecule is O=C1c2cccc3c([N+](=O)[O-])ccc(c23)C(=O)N1/N=C\c1cccc(F)c1. The van der Waals surface area contributed by atoms with E-state index in [0.29, 0.717) is 10.6 Å². The van der Waals surface area contributed by atoms with Crippen LogP contribution in [-0.4, -0.2) is 28.0 Å². The Hall–Kier alpha value is -3.94. The first kappa shape index (κ1) is 16.5. The van der Waals surface area contributed by atoms with Crippen molar-refractivity contribution in [2.75, 3.05) is 0 Å². The molecule has 0 unspecified atom stereocenters. The molecule has 0 spiro atoms. The van der Waals surface area contributed by atoms with Crippen LogP contribution in [0.3, 0.4) is 0 Å². The fourth-order valence-electron chi connectivity index (χ4n) is 3.04. The molecule has 0 saturated carbocycles. The van der Waals surface area contributed by atoms with E-state index in [1.165, 1.54) is 54.7 Å². The van der Waals surface area contributed by atoms with Gasteiger partial charge in [-0.05, 0) is 35.9 Å². The molecular formula is C19H10FN3O4. The number of benzene rings is 3. The van der Waals surface area contributed by atoms with E-state index in [9.17, 15) is 24.1 Å². The molecule has 0 radical (unpaired) electrons. The monoisotopic (exact) mass is 363 g/mol. The lowest BCUT2D eigenvalue weighted by molar-refractivity contribution is -0.383. The zero-order valence-corrected chi connectivity index (χ0v) is 13.6. The number of nitro benzene ring substituents is 1. The predicted molar refractivity (Wildman–Crippen MR) is 95.1 cm³/mol.